The van der Waals surface area contributed by atoms with Gasteiger partial charge in [-0.05, 0) is 42.2 Å². The van der Waals surface area contributed by atoms with Crippen molar-refractivity contribution in [2.45, 2.75) is 37.5 Å². The molecule has 0 aliphatic heterocycles. The predicted molar refractivity (Wildman–Crippen MR) is 128 cm³/mol. The number of nitrogens with zero attached hydrogens (tertiary/aromatic N) is 1. The van der Waals surface area contributed by atoms with E-state index >= 15 is 0 Å². The zero-order valence-corrected chi connectivity index (χ0v) is 19.9. The highest BCUT2D eigenvalue weighted by atomic mass is 35.5. The summed E-state index contributed by atoms with van der Waals surface area (Å²) in [6.07, 6.45) is 4.95. The zero-order valence-electron chi connectivity index (χ0n) is 18.3. The van der Waals surface area contributed by atoms with Crippen LogP contribution < -0.4 is 14.8 Å². The number of amides is 1. The van der Waals surface area contributed by atoms with Crippen LogP contribution in [0.1, 0.15) is 52.3 Å². The molecule has 0 spiro atoms. The molecule has 4 rings (SSSR count). The lowest BCUT2D eigenvalue weighted by Crippen LogP contribution is -2.39. The van der Waals surface area contributed by atoms with Crippen molar-refractivity contribution in [2.24, 2.45) is 0 Å². The topological polar surface area (TPSA) is 60.5 Å². The molecular formula is C25H27ClN2O3S. The van der Waals surface area contributed by atoms with Gasteiger partial charge in [0.25, 0.3) is 5.91 Å². The molecule has 32 heavy (non-hydrogen) atoms. The van der Waals surface area contributed by atoms with E-state index in [9.17, 15) is 4.79 Å². The first-order valence-corrected chi connectivity index (χ1v) is 12.0. The maximum atomic E-state index is 12.9. The minimum absolute atomic E-state index is 0.106. The second kappa shape index (κ2) is 9.92. The summed E-state index contributed by atoms with van der Waals surface area (Å²) in [6, 6.07) is 13.8. The van der Waals surface area contributed by atoms with E-state index in [0.717, 1.165) is 36.3 Å². The molecule has 1 aliphatic rings. The van der Waals surface area contributed by atoms with Crippen molar-refractivity contribution in [3.63, 3.8) is 0 Å². The first kappa shape index (κ1) is 22.6. The summed E-state index contributed by atoms with van der Waals surface area (Å²) in [4.78, 5) is 17.4. The van der Waals surface area contributed by atoms with Gasteiger partial charge in [0, 0.05) is 28.8 Å². The highest BCUT2D eigenvalue weighted by Gasteiger charge is 2.36. The Hall–Kier alpha value is -2.57. The number of hydrogen-bond donors (Lipinski definition) is 1. The van der Waals surface area contributed by atoms with Gasteiger partial charge >= 0.3 is 0 Å². The molecule has 1 saturated carbocycles. The number of rotatable bonds is 8. The molecule has 1 aromatic heterocycles. The molecule has 1 amide bonds. The van der Waals surface area contributed by atoms with Crippen LogP contribution in [-0.4, -0.2) is 31.7 Å². The van der Waals surface area contributed by atoms with Crippen LogP contribution in [0.15, 0.2) is 47.8 Å². The average Bonchev–Trinajstić information content (AvgIpc) is 3.49. The van der Waals surface area contributed by atoms with Gasteiger partial charge in [-0.3, -0.25) is 4.79 Å². The fourth-order valence-corrected chi connectivity index (χ4v) is 5.43. The van der Waals surface area contributed by atoms with Crippen LogP contribution in [0.25, 0.3) is 0 Å². The number of thiazole rings is 1. The molecule has 2 aromatic carbocycles. The zero-order chi connectivity index (χ0) is 22.6. The Kier molecular flexibility index (Phi) is 7.01. The third-order valence-electron chi connectivity index (χ3n) is 6.23. The smallest absolute Gasteiger partial charge is 0.270 e. The lowest BCUT2D eigenvalue weighted by atomic mass is 9.78. The van der Waals surface area contributed by atoms with E-state index in [-0.39, 0.29) is 11.3 Å². The fourth-order valence-electron chi connectivity index (χ4n) is 4.43. The van der Waals surface area contributed by atoms with Crippen LogP contribution in [0, 0.1) is 0 Å². The molecule has 168 valence electrons. The van der Waals surface area contributed by atoms with Crippen molar-refractivity contribution in [2.75, 3.05) is 20.8 Å². The number of nitrogens with one attached hydrogen (secondary N) is 1. The van der Waals surface area contributed by atoms with Gasteiger partial charge in [0.2, 0.25) is 0 Å². The molecule has 0 saturated heterocycles. The molecule has 0 bridgehead atoms. The van der Waals surface area contributed by atoms with Crippen molar-refractivity contribution < 1.29 is 14.3 Å². The molecular weight excluding hydrogens is 444 g/mol. The standard InChI is InChI=1S/C25H27ClN2O3S/c1-30-21-10-9-18(14-22(21)31-2)25(11-5-6-12-25)16-27-24(29)20-15-32-23(28-20)13-17-7-3-4-8-19(17)26/h3-4,7-10,14-15H,5-6,11-13,16H2,1-2H3,(H,27,29). The van der Waals surface area contributed by atoms with Gasteiger partial charge < -0.3 is 14.8 Å². The minimum atomic E-state index is -0.140. The predicted octanol–water partition coefficient (Wildman–Crippen LogP) is 5.65. The van der Waals surface area contributed by atoms with Crippen LogP contribution in [0.4, 0.5) is 0 Å². The van der Waals surface area contributed by atoms with E-state index in [1.165, 1.54) is 16.9 Å². The second-order valence-electron chi connectivity index (χ2n) is 8.13. The molecule has 0 atom stereocenters. The van der Waals surface area contributed by atoms with Crippen molar-refractivity contribution in [1.82, 2.24) is 10.3 Å². The normalized spacial score (nSPS) is 14.8. The van der Waals surface area contributed by atoms with Crippen molar-refractivity contribution in [3.05, 3.63) is 74.7 Å². The highest BCUT2D eigenvalue weighted by molar-refractivity contribution is 7.09. The number of hydrogen-bond acceptors (Lipinski definition) is 5. The number of halogens is 1. The van der Waals surface area contributed by atoms with Crippen LogP contribution in [-0.2, 0) is 11.8 Å². The lowest BCUT2D eigenvalue weighted by molar-refractivity contribution is 0.0938. The molecule has 1 heterocycles. The van der Waals surface area contributed by atoms with Gasteiger partial charge in [-0.1, -0.05) is 48.7 Å². The number of methoxy groups -OCH3 is 2. The van der Waals surface area contributed by atoms with Gasteiger partial charge in [0.1, 0.15) is 5.69 Å². The maximum absolute atomic E-state index is 12.9. The Balaban J connectivity index is 1.46. The van der Waals surface area contributed by atoms with Gasteiger partial charge in [0.05, 0.1) is 19.2 Å². The molecule has 1 aliphatic carbocycles. The largest absolute Gasteiger partial charge is 0.493 e. The Morgan fingerprint density at radius 3 is 2.59 bits per heavy atom. The maximum Gasteiger partial charge on any atom is 0.270 e. The summed E-state index contributed by atoms with van der Waals surface area (Å²) < 4.78 is 10.9. The van der Waals surface area contributed by atoms with Crippen LogP contribution in [0.2, 0.25) is 5.02 Å². The Morgan fingerprint density at radius 2 is 1.88 bits per heavy atom. The first-order valence-electron chi connectivity index (χ1n) is 10.7. The molecule has 0 unspecified atom stereocenters. The van der Waals surface area contributed by atoms with Gasteiger partial charge in [-0.25, -0.2) is 4.98 Å². The third kappa shape index (κ3) is 4.76. The molecule has 1 N–H and O–H groups in total. The van der Waals surface area contributed by atoms with E-state index in [4.69, 9.17) is 21.1 Å². The lowest BCUT2D eigenvalue weighted by Gasteiger charge is -2.30. The quantitative estimate of drug-likeness (QED) is 0.462. The Labute approximate surface area is 197 Å². The summed E-state index contributed by atoms with van der Waals surface area (Å²) in [5.74, 6) is 1.28. The third-order valence-corrected chi connectivity index (χ3v) is 7.45. The van der Waals surface area contributed by atoms with Crippen molar-refractivity contribution in [1.29, 1.82) is 0 Å². The van der Waals surface area contributed by atoms with Gasteiger partial charge in [-0.15, -0.1) is 11.3 Å². The summed E-state index contributed by atoms with van der Waals surface area (Å²) in [5, 5.41) is 6.55. The molecule has 5 nitrogen and oxygen atoms in total. The second-order valence-corrected chi connectivity index (χ2v) is 9.48. The molecule has 1 fully saturated rings. The number of aromatic nitrogens is 1. The van der Waals surface area contributed by atoms with Crippen molar-refractivity contribution >= 4 is 28.8 Å². The van der Waals surface area contributed by atoms with E-state index in [1.807, 2.05) is 41.8 Å². The summed E-state index contributed by atoms with van der Waals surface area (Å²) in [6.45, 7) is 0.568. The number of carbonyl (C=O) groups excluding carboxylic acids is 1. The van der Waals surface area contributed by atoms with Gasteiger partial charge in [-0.2, -0.15) is 0 Å². The SMILES string of the molecule is COc1ccc(C2(CNC(=O)c3csc(Cc4ccccc4Cl)n3)CCCC2)cc1OC. The molecule has 3 aromatic rings. The number of benzene rings is 2. The number of carbonyl (C=O) groups is 1. The Morgan fingerprint density at radius 1 is 1.12 bits per heavy atom. The van der Waals surface area contributed by atoms with E-state index in [1.54, 1.807) is 14.2 Å². The van der Waals surface area contributed by atoms with Crippen LogP contribution in [0.5, 0.6) is 11.5 Å². The van der Waals surface area contributed by atoms with Crippen molar-refractivity contribution in [3.8, 4) is 11.5 Å². The monoisotopic (exact) mass is 470 g/mol. The minimum Gasteiger partial charge on any atom is -0.493 e. The van der Waals surface area contributed by atoms with Crippen LogP contribution >= 0.6 is 22.9 Å². The fraction of sp³-hybridized carbons (Fsp3) is 0.360. The average molecular weight is 471 g/mol. The van der Waals surface area contributed by atoms with Crippen LogP contribution in [0.3, 0.4) is 0 Å². The highest BCUT2D eigenvalue weighted by Crippen LogP contribution is 2.43. The molecule has 7 heteroatoms. The first-order chi connectivity index (χ1) is 15.5. The Bertz CT molecular complexity index is 1090. The van der Waals surface area contributed by atoms with E-state index in [2.05, 4.69) is 16.4 Å². The van der Waals surface area contributed by atoms with Gasteiger partial charge in [0.15, 0.2) is 11.5 Å². The van der Waals surface area contributed by atoms with E-state index in [0.29, 0.717) is 35.2 Å². The number of ether oxygens (including phenoxy) is 2. The van der Waals surface area contributed by atoms with E-state index < -0.39 is 0 Å². The summed E-state index contributed by atoms with van der Waals surface area (Å²) in [5.41, 5.74) is 2.53. The summed E-state index contributed by atoms with van der Waals surface area (Å²) in [7, 11) is 3.28. The molecule has 0 radical (unpaired) electrons. The summed E-state index contributed by atoms with van der Waals surface area (Å²) >= 11 is 7.74.